The van der Waals surface area contributed by atoms with E-state index in [1.165, 1.54) is 0 Å². The standard InChI is InChI=1S/C16H14N4O/c17-20-19-14-9-8-12-6-7-13(10-15(12)18-16(14)21)11-4-2-1-3-5-11/h1-7,10,14H,8-9H2,(H,18,21)/t14-/m1/s1. The minimum Gasteiger partial charge on any atom is -0.325 e. The molecule has 0 aromatic heterocycles. The van der Waals surface area contributed by atoms with Crippen LogP contribution in [0, 0.1) is 0 Å². The molecule has 0 radical (unpaired) electrons. The molecule has 3 rings (SSSR count). The van der Waals surface area contributed by atoms with Crippen molar-refractivity contribution in [2.45, 2.75) is 18.9 Å². The van der Waals surface area contributed by atoms with Crippen LogP contribution in [0.1, 0.15) is 12.0 Å². The molecule has 2 aromatic carbocycles. The van der Waals surface area contributed by atoms with E-state index in [4.69, 9.17) is 5.53 Å². The van der Waals surface area contributed by atoms with E-state index in [9.17, 15) is 4.79 Å². The van der Waals surface area contributed by atoms with E-state index in [1.54, 1.807) is 0 Å². The quantitative estimate of drug-likeness (QED) is 0.504. The highest BCUT2D eigenvalue weighted by Crippen LogP contribution is 2.29. The minimum atomic E-state index is -0.637. The van der Waals surface area contributed by atoms with Gasteiger partial charge in [0.25, 0.3) is 0 Å². The third-order valence-electron chi connectivity index (χ3n) is 3.66. The summed E-state index contributed by atoms with van der Waals surface area (Å²) in [6, 6.07) is 15.4. The Kier molecular flexibility index (Phi) is 3.58. The predicted octanol–water partition coefficient (Wildman–Crippen LogP) is 3.92. The molecule has 1 aliphatic heterocycles. The molecule has 1 N–H and O–H groups in total. The predicted molar refractivity (Wildman–Crippen MR) is 81.8 cm³/mol. The number of hydrogen-bond acceptors (Lipinski definition) is 2. The summed E-state index contributed by atoms with van der Waals surface area (Å²) in [6.45, 7) is 0. The first-order chi connectivity index (χ1) is 10.3. The van der Waals surface area contributed by atoms with Crippen molar-refractivity contribution in [3.05, 3.63) is 64.5 Å². The van der Waals surface area contributed by atoms with Crippen LogP contribution in [0.15, 0.2) is 53.6 Å². The normalized spacial score (nSPS) is 17.1. The fourth-order valence-corrected chi connectivity index (χ4v) is 2.53. The zero-order valence-corrected chi connectivity index (χ0v) is 11.4. The molecule has 21 heavy (non-hydrogen) atoms. The van der Waals surface area contributed by atoms with Gasteiger partial charge in [0.15, 0.2) is 0 Å². The van der Waals surface area contributed by atoms with Gasteiger partial charge in [0.05, 0.1) is 0 Å². The van der Waals surface area contributed by atoms with Gasteiger partial charge in [-0.3, -0.25) is 4.79 Å². The van der Waals surface area contributed by atoms with Gasteiger partial charge in [-0.25, -0.2) is 0 Å². The summed E-state index contributed by atoms with van der Waals surface area (Å²) in [6.07, 6.45) is 1.25. The maximum Gasteiger partial charge on any atom is 0.233 e. The molecule has 1 aliphatic rings. The highest BCUT2D eigenvalue weighted by Gasteiger charge is 2.22. The van der Waals surface area contributed by atoms with Gasteiger partial charge in [-0.1, -0.05) is 47.6 Å². The third kappa shape index (κ3) is 2.73. The summed E-state index contributed by atoms with van der Waals surface area (Å²) >= 11 is 0. The summed E-state index contributed by atoms with van der Waals surface area (Å²) in [5.74, 6) is -0.239. The lowest BCUT2D eigenvalue weighted by Gasteiger charge is -2.10. The Bertz CT molecular complexity index is 720. The van der Waals surface area contributed by atoms with Gasteiger partial charge in [0.1, 0.15) is 6.04 Å². The summed E-state index contributed by atoms with van der Waals surface area (Å²) in [5, 5.41) is 6.42. The molecule has 5 nitrogen and oxygen atoms in total. The Hall–Kier alpha value is -2.78. The Balaban J connectivity index is 1.96. The lowest BCUT2D eigenvalue weighted by Crippen LogP contribution is -2.24. The van der Waals surface area contributed by atoms with E-state index in [0.29, 0.717) is 12.8 Å². The van der Waals surface area contributed by atoms with E-state index < -0.39 is 6.04 Å². The van der Waals surface area contributed by atoms with Crippen molar-refractivity contribution in [1.82, 2.24) is 0 Å². The average molecular weight is 278 g/mol. The highest BCUT2D eigenvalue weighted by atomic mass is 16.2. The molecule has 1 heterocycles. The molecule has 1 amide bonds. The second-order valence-corrected chi connectivity index (χ2v) is 4.99. The van der Waals surface area contributed by atoms with E-state index in [2.05, 4.69) is 15.3 Å². The average Bonchev–Trinajstić information content (AvgIpc) is 2.67. The summed E-state index contributed by atoms with van der Waals surface area (Å²) in [4.78, 5) is 14.8. The molecule has 0 aliphatic carbocycles. The zero-order valence-electron chi connectivity index (χ0n) is 11.4. The topological polar surface area (TPSA) is 77.9 Å². The van der Waals surface area contributed by atoms with Crippen LogP contribution < -0.4 is 5.32 Å². The molecule has 2 aromatic rings. The van der Waals surface area contributed by atoms with Gasteiger partial charge in [0.2, 0.25) is 5.91 Å². The number of anilines is 1. The SMILES string of the molecule is [N-]=[N+]=N[C@@H]1CCc2ccc(-c3ccccc3)cc2NC1=O. The number of nitrogens with one attached hydrogen (secondary N) is 1. The van der Waals surface area contributed by atoms with Crippen LogP contribution in [-0.4, -0.2) is 11.9 Å². The van der Waals surface area contributed by atoms with Gasteiger partial charge in [-0.2, -0.15) is 0 Å². The van der Waals surface area contributed by atoms with Crippen molar-refractivity contribution in [2.75, 3.05) is 5.32 Å². The number of rotatable bonds is 2. The molecule has 5 heteroatoms. The van der Waals surface area contributed by atoms with Crippen molar-refractivity contribution in [1.29, 1.82) is 0 Å². The fraction of sp³-hybridized carbons (Fsp3) is 0.188. The number of benzene rings is 2. The monoisotopic (exact) mass is 278 g/mol. The summed E-state index contributed by atoms with van der Waals surface area (Å²) in [5.41, 5.74) is 12.5. The molecule has 0 saturated carbocycles. The lowest BCUT2D eigenvalue weighted by molar-refractivity contribution is -0.117. The van der Waals surface area contributed by atoms with Crippen molar-refractivity contribution in [3.63, 3.8) is 0 Å². The molecule has 0 fully saturated rings. The van der Waals surface area contributed by atoms with E-state index in [1.807, 2.05) is 48.5 Å². The van der Waals surface area contributed by atoms with E-state index in [-0.39, 0.29) is 5.91 Å². The molecule has 1 atom stereocenters. The fourth-order valence-electron chi connectivity index (χ4n) is 2.53. The Morgan fingerprint density at radius 3 is 2.71 bits per heavy atom. The van der Waals surface area contributed by atoms with Crippen molar-refractivity contribution < 1.29 is 4.79 Å². The maximum atomic E-state index is 12.0. The number of aryl methyl sites for hydroxylation is 1. The largest absolute Gasteiger partial charge is 0.325 e. The number of carbonyl (C=O) groups is 1. The molecular weight excluding hydrogens is 264 g/mol. The third-order valence-corrected chi connectivity index (χ3v) is 3.66. The van der Waals surface area contributed by atoms with Crippen LogP contribution in [0.3, 0.4) is 0 Å². The first-order valence-corrected chi connectivity index (χ1v) is 6.81. The Morgan fingerprint density at radius 1 is 1.14 bits per heavy atom. The first-order valence-electron chi connectivity index (χ1n) is 6.81. The van der Waals surface area contributed by atoms with Crippen molar-refractivity contribution in [3.8, 4) is 11.1 Å². The maximum absolute atomic E-state index is 12.0. The molecule has 0 bridgehead atoms. The highest BCUT2D eigenvalue weighted by molar-refractivity contribution is 5.97. The van der Waals surface area contributed by atoms with Crippen LogP contribution in [-0.2, 0) is 11.2 Å². The Labute approximate surface area is 122 Å². The van der Waals surface area contributed by atoms with Crippen LogP contribution in [0.4, 0.5) is 5.69 Å². The molecule has 0 saturated heterocycles. The van der Waals surface area contributed by atoms with Crippen LogP contribution >= 0.6 is 0 Å². The van der Waals surface area contributed by atoms with Gasteiger partial charge >= 0.3 is 0 Å². The van der Waals surface area contributed by atoms with Crippen LogP contribution in [0.5, 0.6) is 0 Å². The van der Waals surface area contributed by atoms with Crippen LogP contribution in [0.2, 0.25) is 0 Å². The zero-order chi connectivity index (χ0) is 14.7. The second-order valence-electron chi connectivity index (χ2n) is 4.99. The summed E-state index contributed by atoms with van der Waals surface area (Å²) < 4.78 is 0. The van der Waals surface area contributed by atoms with E-state index >= 15 is 0 Å². The van der Waals surface area contributed by atoms with E-state index in [0.717, 1.165) is 22.4 Å². The number of amides is 1. The van der Waals surface area contributed by atoms with Gasteiger partial charge < -0.3 is 5.32 Å². The molecular formula is C16H14N4O. The Morgan fingerprint density at radius 2 is 1.95 bits per heavy atom. The number of carbonyl (C=O) groups excluding carboxylic acids is 1. The smallest absolute Gasteiger partial charge is 0.233 e. The van der Waals surface area contributed by atoms with Gasteiger partial charge in [-0.15, -0.1) is 0 Å². The summed E-state index contributed by atoms with van der Waals surface area (Å²) in [7, 11) is 0. The molecule has 0 spiro atoms. The molecule has 104 valence electrons. The van der Waals surface area contributed by atoms with Crippen molar-refractivity contribution >= 4 is 11.6 Å². The van der Waals surface area contributed by atoms with Crippen molar-refractivity contribution in [2.24, 2.45) is 5.11 Å². The lowest BCUT2D eigenvalue weighted by atomic mass is 10.0. The number of hydrogen-bond donors (Lipinski definition) is 1. The number of azide groups is 1. The minimum absolute atomic E-state index is 0.239. The second kappa shape index (κ2) is 5.69. The first kappa shape index (κ1) is 13.2. The van der Waals surface area contributed by atoms with Crippen LogP contribution in [0.25, 0.3) is 21.6 Å². The van der Waals surface area contributed by atoms with Gasteiger partial charge in [0, 0.05) is 10.6 Å². The molecule has 0 unspecified atom stereocenters. The number of fused-ring (bicyclic) bond motifs is 1. The number of nitrogens with zero attached hydrogens (tertiary/aromatic N) is 3. The van der Waals surface area contributed by atoms with Gasteiger partial charge in [-0.05, 0) is 41.1 Å².